The molecule has 0 amide bonds. The quantitative estimate of drug-likeness (QED) is 0.692. The summed E-state index contributed by atoms with van der Waals surface area (Å²) in [7, 11) is 0. The van der Waals surface area contributed by atoms with Gasteiger partial charge in [0, 0.05) is 49.0 Å². The molecule has 1 aromatic heterocycles. The van der Waals surface area contributed by atoms with E-state index in [1.165, 1.54) is 16.6 Å². The number of nitriles is 1. The lowest BCUT2D eigenvalue weighted by Gasteiger charge is -2.35. The molecule has 6 heteroatoms. The van der Waals surface area contributed by atoms with Gasteiger partial charge in [-0.05, 0) is 61.0 Å². The van der Waals surface area contributed by atoms with Crippen LogP contribution in [0.2, 0.25) is 0 Å². The number of aromatic amines is 1. The highest BCUT2D eigenvalue weighted by molar-refractivity contribution is 5.84. The molecule has 2 aromatic carbocycles. The van der Waals surface area contributed by atoms with E-state index in [1.54, 1.807) is 0 Å². The van der Waals surface area contributed by atoms with Crippen LogP contribution in [0, 0.1) is 11.3 Å². The average Bonchev–Trinajstić information content (AvgIpc) is 3.15. The Morgan fingerprint density at radius 2 is 1.86 bits per heavy atom. The van der Waals surface area contributed by atoms with E-state index in [0.717, 1.165) is 43.9 Å². The first kappa shape index (κ1) is 18.4. The number of ether oxygens (including phenoxy) is 1. The first-order valence-corrected chi connectivity index (χ1v) is 9.67. The molecule has 0 unspecified atom stereocenters. The summed E-state index contributed by atoms with van der Waals surface area (Å²) in [5.41, 5.74) is 9.93. The first-order valence-electron chi connectivity index (χ1n) is 9.67. The van der Waals surface area contributed by atoms with Crippen molar-refractivity contribution in [3.63, 3.8) is 0 Å². The number of H-pyrrole nitrogens is 1. The number of aromatic nitrogens is 1. The third-order valence-corrected chi connectivity index (χ3v) is 5.30. The van der Waals surface area contributed by atoms with E-state index in [-0.39, 0.29) is 0 Å². The third-order valence-electron chi connectivity index (χ3n) is 5.30. The van der Waals surface area contributed by atoms with Gasteiger partial charge in [-0.2, -0.15) is 5.26 Å². The molecule has 1 aliphatic heterocycles. The molecule has 0 bridgehead atoms. The predicted molar refractivity (Wildman–Crippen MR) is 111 cm³/mol. The van der Waals surface area contributed by atoms with Gasteiger partial charge in [0.1, 0.15) is 12.5 Å². The number of piperazine rings is 1. The summed E-state index contributed by atoms with van der Waals surface area (Å²) in [6, 6.07) is 16.1. The van der Waals surface area contributed by atoms with Crippen molar-refractivity contribution in [1.82, 2.24) is 9.88 Å². The largest absolute Gasteiger partial charge is 0.478 e. The minimum absolute atomic E-state index is 0.587. The molecule has 0 spiro atoms. The Morgan fingerprint density at radius 3 is 2.57 bits per heavy atom. The maximum atomic E-state index is 8.92. The molecule has 0 atom stereocenters. The van der Waals surface area contributed by atoms with Gasteiger partial charge in [0.2, 0.25) is 0 Å². The fraction of sp³-hybridized carbons (Fsp3) is 0.318. The lowest BCUT2D eigenvalue weighted by Crippen LogP contribution is -2.47. The van der Waals surface area contributed by atoms with Gasteiger partial charge in [-0.1, -0.05) is 0 Å². The molecule has 6 nitrogen and oxygen atoms in total. The summed E-state index contributed by atoms with van der Waals surface area (Å²) >= 11 is 0. The second-order valence-electron chi connectivity index (χ2n) is 7.10. The van der Waals surface area contributed by atoms with Crippen LogP contribution in [0.4, 0.5) is 5.69 Å². The van der Waals surface area contributed by atoms with Crippen LogP contribution < -0.4 is 15.4 Å². The lowest BCUT2D eigenvalue weighted by molar-refractivity contribution is 0.120. The molecule has 3 N–H and O–H groups in total. The molecule has 0 aliphatic carbocycles. The Labute approximate surface area is 165 Å². The molecule has 1 fully saturated rings. The topological polar surface area (TPSA) is 81.3 Å². The smallest absolute Gasteiger partial charge is 0.142 e. The number of nitrogens with one attached hydrogen (secondary N) is 1. The highest BCUT2D eigenvalue weighted by atomic mass is 16.5. The molecule has 4 rings (SSSR count). The standard InChI is InChI=1S/C22H25N5O/c23-8-7-18-15-25-22-6-5-20(13-21(18)22)28-16-26-9-11-27(12-10-26)19-3-1-17(14-24)2-4-19/h1-6,13,15,25H,7-12,16,23H2. The van der Waals surface area contributed by atoms with Gasteiger partial charge >= 0.3 is 0 Å². The zero-order valence-electron chi connectivity index (χ0n) is 15.9. The number of fused-ring (bicyclic) bond motifs is 1. The second-order valence-corrected chi connectivity index (χ2v) is 7.10. The normalized spacial score (nSPS) is 14.9. The molecule has 0 radical (unpaired) electrons. The van der Waals surface area contributed by atoms with Gasteiger partial charge in [-0.15, -0.1) is 0 Å². The van der Waals surface area contributed by atoms with Gasteiger partial charge in [0.05, 0.1) is 11.6 Å². The van der Waals surface area contributed by atoms with E-state index < -0.39 is 0 Å². The maximum absolute atomic E-state index is 8.92. The van der Waals surface area contributed by atoms with E-state index in [2.05, 4.69) is 33.0 Å². The fourth-order valence-electron chi connectivity index (χ4n) is 3.66. The summed E-state index contributed by atoms with van der Waals surface area (Å²) in [5, 5.41) is 10.1. The van der Waals surface area contributed by atoms with Crippen molar-refractivity contribution in [2.24, 2.45) is 5.73 Å². The summed E-state index contributed by atoms with van der Waals surface area (Å²) < 4.78 is 6.05. The third kappa shape index (κ3) is 3.96. The molecule has 1 saturated heterocycles. The van der Waals surface area contributed by atoms with Crippen molar-refractivity contribution < 1.29 is 4.74 Å². The highest BCUT2D eigenvalue weighted by Crippen LogP contribution is 2.24. The van der Waals surface area contributed by atoms with Gasteiger partial charge in [-0.3, -0.25) is 4.90 Å². The van der Waals surface area contributed by atoms with Gasteiger partial charge in [0.25, 0.3) is 0 Å². The van der Waals surface area contributed by atoms with Crippen LogP contribution in [0.15, 0.2) is 48.7 Å². The molecule has 1 aliphatic rings. The summed E-state index contributed by atoms with van der Waals surface area (Å²) in [4.78, 5) is 7.96. The van der Waals surface area contributed by atoms with Crippen LogP contribution in [-0.2, 0) is 6.42 Å². The van der Waals surface area contributed by atoms with E-state index >= 15 is 0 Å². The van der Waals surface area contributed by atoms with Crippen molar-refractivity contribution >= 4 is 16.6 Å². The summed E-state index contributed by atoms with van der Waals surface area (Å²) in [5.74, 6) is 0.889. The van der Waals surface area contributed by atoms with Crippen molar-refractivity contribution in [2.75, 3.05) is 44.4 Å². The van der Waals surface area contributed by atoms with Crippen LogP contribution in [0.1, 0.15) is 11.1 Å². The Morgan fingerprint density at radius 1 is 1.07 bits per heavy atom. The molecule has 144 valence electrons. The molecular formula is C22H25N5O. The number of hydrogen-bond donors (Lipinski definition) is 2. The lowest BCUT2D eigenvalue weighted by atomic mass is 10.1. The van der Waals surface area contributed by atoms with E-state index in [4.69, 9.17) is 15.7 Å². The fourth-order valence-corrected chi connectivity index (χ4v) is 3.66. The van der Waals surface area contributed by atoms with E-state index in [1.807, 2.05) is 36.5 Å². The average molecular weight is 375 g/mol. The minimum Gasteiger partial charge on any atom is -0.478 e. The SMILES string of the molecule is N#Cc1ccc(N2CCN(COc3ccc4[nH]cc(CCN)c4c3)CC2)cc1. The Kier molecular flexibility index (Phi) is 5.47. The zero-order valence-corrected chi connectivity index (χ0v) is 15.9. The van der Waals surface area contributed by atoms with E-state index in [9.17, 15) is 0 Å². The Bertz CT molecular complexity index is 965. The molecule has 3 aromatic rings. The first-order chi connectivity index (χ1) is 13.8. The van der Waals surface area contributed by atoms with Gasteiger partial charge in [-0.25, -0.2) is 0 Å². The highest BCUT2D eigenvalue weighted by Gasteiger charge is 2.17. The Balaban J connectivity index is 1.32. The number of nitrogens with two attached hydrogens (primary N) is 1. The maximum Gasteiger partial charge on any atom is 0.142 e. The molecular weight excluding hydrogens is 350 g/mol. The van der Waals surface area contributed by atoms with Crippen LogP contribution in [-0.4, -0.2) is 49.3 Å². The number of nitrogens with zero attached hydrogens (tertiary/aromatic N) is 3. The number of benzene rings is 2. The minimum atomic E-state index is 0.587. The van der Waals surface area contributed by atoms with Crippen LogP contribution >= 0.6 is 0 Å². The molecule has 2 heterocycles. The molecule has 0 saturated carbocycles. The van der Waals surface area contributed by atoms with Crippen LogP contribution in [0.25, 0.3) is 10.9 Å². The second kappa shape index (κ2) is 8.34. The monoisotopic (exact) mass is 375 g/mol. The number of anilines is 1. The molecule has 28 heavy (non-hydrogen) atoms. The predicted octanol–water partition coefficient (Wildman–Crippen LogP) is 2.70. The van der Waals surface area contributed by atoms with Crippen molar-refractivity contribution in [1.29, 1.82) is 5.26 Å². The number of hydrogen-bond acceptors (Lipinski definition) is 5. The van der Waals surface area contributed by atoms with Crippen molar-refractivity contribution in [3.05, 3.63) is 59.8 Å². The van der Waals surface area contributed by atoms with Gasteiger partial charge in [0.15, 0.2) is 0 Å². The Hall–Kier alpha value is -3.01. The number of rotatable bonds is 6. The van der Waals surface area contributed by atoms with Crippen molar-refractivity contribution in [3.8, 4) is 11.8 Å². The van der Waals surface area contributed by atoms with Crippen LogP contribution in [0.3, 0.4) is 0 Å². The van der Waals surface area contributed by atoms with Gasteiger partial charge < -0.3 is 20.4 Å². The van der Waals surface area contributed by atoms with Crippen LogP contribution in [0.5, 0.6) is 5.75 Å². The summed E-state index contributed by atoms with van der Waals surface area (Å²) in [6.45, 7) is 5.03. The van der Waals surface area contributed by atoms with Crippen molar-refractivity contribution in [2.45, 2.75) is 6.42 Å². The summed E-state index contributed by atoms with van der Waals surface area (Å²) in [6.07, 6.45) is 2.89. The van der Waals surface area contributed by atoms with E-state index in [0.29, 0.717) is 18.8 Å². The zero-order chi connectivity index (χ0) is 19.3.